The number of esters is 1. The average Bonchev–Trinajstić information content (AvgIpc) is 2.83. The van der Waals surface area contributed by atoms with Gasteiger partial charge in [-0.1, -0.05) is 26.2 Å². The average molecular weight is 490 g/mol. The summed E-state index contributed by atoms with van der Waals surface area (Å²) in [6.07, 6.45) is 8.67. The van der Waals surface area contributed by atoms with Crippen molar-refractivity contribution in [2.45, 2.75) is 64.4 Å². The van der Waals surface area contributed by atoms with Crippen LogP contribution in [-0.4, -0.2) is 25.3 Å². The Morgan fingerprint density at radius 3 is 2.29 bits per heavy atom. The zero-order chi connectivity index (χ0) is 25.2. The van der Waals surface area contributed by atoms with E-state index < -0.39 is 29.0 Å². The van der Waals surface area contributed by atoms with Gasteiger partial charge in [-0.2, -0.15) is 5.26 Å². The van der Waals surface area contributed by atoms with Gasteiger partial charge in [0.05, 0.1) is 18.3 Å². The molecule has 0 unspecified atom stereocenters. The number of nitriles is 1. The van der Waals surface area contributed by atoms with Gasteiger partial charge in [0.15, 0.2) is 0 Å². The lowest BCUT2D eigenvalue weighted by molar-refractivity contribution is 0.0111. The minimum atomic E-state index is -1.32. The van der Waals surface area contributed by atoms with Crippen molar-refractivity contribution in [2.24, 2.45) is 5.92 Å². The standard InChI is InChI=1S/C27H30F3NO4/c1-2-3-4-5-12-33-20-9-6-18(7-10-20)17-34-22-14-24(29)26(25(30)15-22)27(32)35-21-11-8-19(16-31)23(28)13-21/h8,11,13-15,18,20H,2-7,9-10,12,17H2,1H3. The fraction of sp³-hybridized carbons (Fsp3) is 0.481. The normalized spacial score (nSPS) is 17.6. The molecule has 0 bridgehead atoms. The van der Waals surface area contributed by atoms with Crippen LogP contribution in [0.2, 0.25) is 0 Å². The van der Waals surface area contributed by atoms with E-state index >= 15 is 0 Å². The first kappa shape index (κ1) is 26.6. The second kappa shape index (κ2) is 13.1. The molecule has 1 aliphatic carbocycles. The molecule has 0 aromatic heterocycles. The summed E-state index contributed by atoms with van der Waals surface area (Å²) in [6.45, 7) is 3.29. The van der Waals surface area contributed by atoms with Gasteiger partial charge in [-0.3, -0.25) is 0 Å². The van der Waals surface area contributed by atoms with Gasteiger partial charge in [0, 0.05) is 24.8 Å². The van der Waals surface area contributed by atoms with E-state index in [4.69, 9.17) is 19.5 Å². The van der Waals surface area contributed by atoms with Crippen LogP contribution in [0.5, 0.6) is 11.5 Å². The van der Waals surface area contributed by atoms with Crippen LogP contribution in [-0.2, 0) is 4.74 Å². The Balaban J connectivity index is 1.49. The van der Waals surface area contributed by atoms with E-state index in [9.17, 15) is 18.0 Å². The van der Waals surface area contributed by atoms with E-state index in [0.29, 0.717) is 6.61 Å². The van der Waals surface area contributed by atoms with Gasteiger partial charge in [-0.05, 0) is 50.2 Å². The summed E-state index contributed by atoms with van der Waals surface area (Å²) in [5.74, 6) is -4.53. The van der Waals surface area contributed by atoms with Gasteiger partial charge in [0.2, 0.25) is 0 Å². The van der Waals surface area contributed by atoms with Gasteiger partial charge in [0.25, 0.3) is 0 Å². The van der Waals surface area contributed by atoms with Crippen molar-refractivity contribution in [3.8, 4) is 17.6 Å². The van der Waals surface area contributed by atoms with Gasteiger partial charge in [-0.15, -0.1) is 0 Å². The zero-order valence-electron chi connectivity index (χ0n) is 19.8. The first-order valence-corrected chi connectivity index (χ1v) is 12.1. The number of benzene rings is 2. The smallest absolute Gasteiger partial charge is 0.349 e. The maximum Gasteiger partial charge on any atom is 0.349 e. The van der Waals surface area contributed by atoms with Crippen LogP contribution < -0.4 is 9.47 Å². The minimum Gasteiger partial charge on any atom is -0.493 e. The summed E-state index contributed by atoms with van der Waals surface area (Å²) in [5, 5.41) is 8.75. The topological polar surface area (TPSA) is 68.6 Å². The molecule has 0 radical (unpaired) electrons. The number of hydrogen-bond acceptors (Lipinski definition) is 5. The van der Waals surface area contributed by atoms with Crippen LogP contribution in [0.1, 0.15) is 74.2 Å². The lowest BCUT2D eigenvalue weighted by atomic mass is 9.88. The molecule has 1 saturated carbocycles. The highest BCUT2D eigenvalue weighted by atomic mass is 19.1. The van der Waals surface area contributed by atoms with Gasteiger partial charge >= 0.3 is 5.97 Å². The number of halogens is 3. The lowest BCUT2D eigenvalue weighted by Gasteiger charge is -2.28. The molecular formula is C27H30F3NO4. The molecule has 0 saturated heterocycles. The fourth-order valence-electron chi connectivity index (χ4n) is 4.09. The van der Waals surface area contributed by atoms with E-state index in [1.165, 1.54) is 25.3 Å². The molecule has 2 aromatic rings. The summed E-state index contributed by atoms with van der Waals surface area (Å²) >= 11 is 0. The Morgan fingerprint density at radius 1 is 0.971 bits per heavy atom. The molecule has 188 valence electrons. The third-order valence-corrected chi connectivity index (χ3v) is 6.12. The quantitative estimate of drug-likeness (QED) is 0.199. The molecule has 1 aliphatic rings. The summed E-state index contributed by atoms with van der Waals surface area (Å²) in [4.78, 5) is 12.3. The molecule has 8 heteroatoms. The van der Waals surface area contributed by atoms with Crippen molar-refractivity contribution in [1.29, 1.82) is 5.26 Å². The zero-order valence-corrected chi connectivity index (χ0v) is 19.8. The molecule has 1 fully saturated rings. The van der Waals surface area contributed by atoms with Crippen LogP contribution in [0, 0.1) is 34.7 Å². The van der Waals surface area contributed by atoms with Crippen molar-refractivity contribution in [3.63, 3.8) is 0 Å². The summed E-state index contributed by atoms with van der Waals surface area (Å²) in [7, 11) is 0. The van der Waals surface area contributed by atoms with E-state index in [0.717, 1.165) is 63.0 Å². The Labute approximate surface area is 203 Å². The molecular weight excluding hydrogens is 459 g/mol. The predicted molar refractivity (Wildman–Crippen MR) is 124 cm³/mol. The monoisotopic (exact) mass is 489 g/mol. The van der Waals surface area contributed by atoms with Crippen molar-refractivity contribution < 1.29 is 32.2 Å². The van der Waals surface area contributed by atoms with E-state index in [1.54, 1.807) is 6.07 Å². The SMILES string of the molecule is CCCCCCOC1CCC(COc2cc(F)c(C(=O)Oc3ccc(C#N)c(F)c3)c(F)c2)CC1. The number of unbranched alkanes of at least 4 members (excludes halogenated alkanes) is 3. The third-order valence-electron chi connectivity index (χ3n) is 6.12. The molecule has 0 N–H and O–H groups in total. The summed E-state index contributed by atoms with van der Waals surface area (Å²) in [5.41, 5.74) is -1.15. The van der Waals surface area contributed by atoms with Crippen molar-refractivity contribution in [2.75, 3.05) is 13.2 Å². The van der Waals surface area contributed by atoms with Gasteiger partial charge < -0.3 is 14.2 Å². The third kappa shape index (κ3) is 7.72. The molecule has 0 amide bonds. The molecule has 0 aliphatic heterocycles. The molecule has 0 heterocycles. The highest BCUT2D eigenvalue weighted by Gasteiger charge is 2.24. The van der Waals surface area contributed by atoms with E-state index in [-0.39, 0.29) is 29.1 Å². The molecule has 2 aromatic carbocycles. The lowest BCUT2D eigenvalue weighted by Crippen LogP contribution is -2.25. The minimum absolute atomic E-state index is 0.0183. The van der Waals surface area contributed by atoms with Crippen LogP contribution in [0.25, 0.3) is 0 Å². The van der Waals surface area contributed by atoms with Crippen LogP contribution in [0.4, 0.5) is 13.2 Å². The maximum atomic E-state index is 14.5. The molecule has 5 nitrogen and oxygen atoms in total. The largest absolute Gasteiger partial charge is 0.493 e. The first-order chi connectivity index (χ1) is 16.9. The number of rotatable bonds is 11. The highest BCUT2D eigenvalue weighted by molar-refractivity contribution is 5.91. The highest BCUT2D eigenvalue weighted by Crippen LogP contribution is 2.29. The van der Waals surface area contributed by atoms with Crippen LogP contribution in [0.15, 0.2) is 30.3 Å². The van der Waals surface area contributed by atoms with Crippen LogP contribution >= 0.6 is 0 Å². The number of hydrogen-bond donors (Lipinski definition) is 0. The van der Waals surface area contributed by atoms with Crippen LogP contribution in [0.3, 0.4) is 0 Å². The predicted octanol–water partition coefficient (Wildman–Crippen LogP) is 6.73. The molecule has 0 atom stereocenters. The fourth-order valence-corrected chi connectivity index (χ4v) is 4.09. The summed E-state index contributed by atoms with van der Waals surface area (Å²) in [6, 6.07) is 6.57. The van der Waals surface area contributed by atoms with Gasteiger partial charge in [-0.25, -0.2) is 18.0 Å². The van der Waals surface area contributed by atoms with Crippen molar-refractivity contribution >= 4 is 5.97 Å². The Bertz CT molecular complexity index is 1020. The van der Waals surface area contributed by atoms with Gasteiger partial charge in [0.1, 0.15) is 40.6 Å². The second-order valence-corrected chi connectivity index (χ2v) is 8.79. The number of carbonyl (C=O) groups is 1. The Kier molecular flexibility index (Phi) is 9.98. The maximum absolute atomic E-state index is 14.5. The van der Waals surface area contributed by atoms with Crippen molar-refractivity contribution in [1.82, 2.24) is 0 Å². The van der Waals surface area contributed by atoms with E-state index in [1.807, 2.05) is 0 Å². The number of ether oxygens (including phenoxy) is 3. The van der Waals surface area contributed by atoms with Crippen molar-refractivity contribution in [3.05, 3.63) is 58.9 Å². The molecule has 35 heavy (non-hydrogen) atoms. The summed E-state index contributed by atoms with van der Waals surface area (Å²) < 4.78 is 59.2. The molecule has 3 rings (SSSR count). The van der Waals surface area contributed by atoms with E-state index in [2.05, 4.69) is 6.92 Å². The Hall–Kier alpha value is -3.05. The number of nitrogens with zero attached hydrogens (tertiary/aromatic N) is 1. The Morgan fingerprint density at radius 2 is 1.66 bits per heavy atom. The number of carbonyl (C=O) groups excluding carboxylic acids is 1. The molecule has 0 spiro atoms. The second-order valence-electron chi connectivity index (χ2n) is 8.79. The first-order valence-electron chi connectivity index (χ1n) is 12.1.